The Morgan fingerprint density at radius 3 is 2.51 bits per heavy atom. The minimum absolute atomic E-state index is 0.0130. The van der Waals surface area contributed by atoms with Gasteiger partial charge in [0, 0.05) is 6.54 Å². The van der Waals surface area contributed by atoms with Gasteiger partial charge in [-0.15, -0.1) is 0 Å². The molecule has 0 radical (unpaired) electrons. The lowest BCUT2D eigenvalue weighted by Crippen LogP contribution is -2.51. The summed E-state index contributed by atoms with van der Waals surface area (Å²) in [5, 5.41) is 6.33. The fourth-order valence-corrected chi connectivity index (χ4v) is 5.68. The highest BCUT2D eigenvalue weighted by molar-refractivity contribution is 5.83. The van der Waals surface area contributed by atoms with Gasteiger partial charge in [-0.05, 0) is 102 Å². The number of benzene rings is 2. The van der Waals surface area contributed by atoms with E-state index in [2.05, 4.69) is 27.7 Å². The van der Waals surface area contributed by atoms with E-state index in [0.717, 1.165) is 75.1 Å². The third-order valence-corrected chi connectivity index (χ3v) is 7.98. The molecule has 39 heavy (non-hydrogen) atoms. The van der Waals surface area contributed by atoms with Gasteiger partial charge < -0.3 is 20.1 Å². The number of aryl methyl sites for hydroxylation is 1. The highest BCUT2D eigenvalue weighted by atomic mass is 16.5. The lowest BCUT2D eigenvalue weighted by Gasteiger charge is -2.40. The number of rotatable bonds is 6. The van der Waals surface area contributed by atoms with E-state index >= 15 is 0 Å². The van der Waals surface area contributed by atoms with Gasteiger partial charge >= 0.3 is 0 Å². The van der Waals surface area contributed by atoms with Gasteiger partial charge in [0.2, 0.25) is 11.8 Å². The summed E-state index contributed by atoms with van der Waals surface area (Å²) in [7, 11) is 0. The first-order valence-electron chi connectivity index (χ1n) is 14.6. The van der Waals surface area contributed by atoms with Crippen molar-refractivity contribution in [2.75, 3.05) is 32.8 Å². The predicted molar refractivity (Wildman–Crippen MR) is 154 cm³/mol. The number of hydrogen-bond donors (Lipinski definition) is 2. The van der Waals surface area contributed by atoms with Gasteiger partial charge in [-0.1, -0.05) is 36.8 Å². The van der Waals surface area contributed by atoms with Crippen molar-refractivity contribution in [3.8, 4) is 11.5 Å². The van der Waals surface area contributed by atoms with Crippen LogP contribution in [-0.4, -0.2) is 55.6 Å². The molecular formula is C32H45N3O4. The summed E-state index contributed by atoms with van der Waals surface area (Å²) in [5.41, 5.74) is 1.94. The first kappa shape index (κ1) is 28.9. The molecule has 7 nitrogen and oxygen atoms in total. The van der Waals surface area contributed by atoms with Crippen LogP contribution in [0.1, 0.15) is 76.5 Å². The lowest BCUT2D eigenvalue weighted by atomic mass is 9.73. The normalized spacial score (nSPS) is 19.4. The summed E-state index contributed by atoms with van der Waals surface area (Å²) in [4.78, 5) is 28.4. The van der Waals surface area contributed by atoms with Crippen LogP contribution in [0.25, 0.3) is 0 Å². The van der Waals surface area contributed by atoms with Crippen LogP contribution in [0.2, 0.25) is 0 Å². The van der Waals surface area contributed by atoms with Crippen molar-refractivity contribution in [2.45, 2.75) is 77.9 Å². The molecule has 1 spiro atoms. The second kappa shape index (κ2) is 13.8. The fourth-order valence-electron chi connectivity index (χ4n) is 5.68. The Morgan fingerprint density at radius 2 is 1.77 bits per heavy atom. The molecular weight excluding hydrogens is 490 g/mol. The van der Waals surface area contributed by atoms with Crippen LogP contribution in [0.4, 0.5) is 0 Å². The van der Waals surface area contributed by atoms with Gasteiger partial charge in [0.05, 0.1) is 30.7 Å². The van der Waals surface area contributed by atoms with Crippen molar-refractivity contribution in [1.82, 2.24) is 15.5 Å². The van der Waals surface area contributed by atoms with Crippen molar-refractivity contribution >= 4 is 11.8 Å². The zero-order chi connectivity index (χ0) is 27.7. The molecule has 2 N–H and O–H groups in total. The van der Waals surface area contributed by atoms with Crippen molar-refractivity contribution < 1.29 is 19.1 Å². The number of para-hydroxylation sites is 1. The SMILES string of the molecule is CC(C)Oc1ccc(C(C)NC(=O)CN2CCC3(CCCCc4ccccc4OCCCNC3=O)CC2)cc1. The highest BCUT2D eigenvalue weighted by Crippen LogP contribution is 2.37. The van der Waals surface area contributed by atoms with Crippen LogP contribution in [0.5, 0.6) is 11.5 Å². The topological polar surface area (TPSA) is 79.9 Å². The number of hydrogen-bond acceptors (Lipinski definition) is 5. The van der Waals surface area contributed by atoms with Crippen LogP contribution in [0, 0.1) is 5.41 Å². The van der Waals surface area contributed by atoms with Gasteiger partial charge in [-0.25, -0.2) is 0 Å². The molecule has 0 saturated carbocycles. The van der Waals surface area contributed by atoms with Crippen molar-refractivity contribution in [1.29, 1.82) is 0 Å². The summed E-state index contributed by atoms with van der Waals surface area (Å²) in [6, 6.07) is 16.1. The summed E-state index contributed by atoms with van der Waals surface area (Å²) in [6.07, 6.45) is 6.36. The molecule has 1 saturated heterocycles. The van der Waals surface area contributed by atoms with Crippen LogP contribution in [0.15, 0.2) is 48.5 Å². The Labute approximate surface area is 233 Å². The molecule has 2 aliphatic heterocycles. The molecule has 0 aromatic heterocycles. The molecule has 0 bridgehead atoms. The van der Waals surface area contributed by atoms with Crippen LogP contribution >= 0.6 is 0 Å². The number of carbonyl (C=O) groups excluding carboxylic acids is 2. The second-order valence-corrected chi connectivity index (χ2v) is 11.4. The molecule has 2 amide bonds. The smallest absolute Gasteiger partial charge is 0.234 e. The minimum Gasteiger partial charge on any atom is -0.493 e. The number of fused-ring (bicyclic) bond motifs is 1. The first-order valence-corrected chi connectivity index (χ1v) is 14.6. The monoisotopic (exact) mass is 535 g/mol. The molecule has 1 unspecified atom stereocenters. The molecule has 2 aliphatic rings. The average Bonchev–Trinajstić information content (AvgIpc) is 2.93. The maximum atomic E-state index is 13.4. The molecule has 7 heteroatoms. The summed E-state index contributed by atoms with van der Waals surface area (Å²) < 4.78 is 11.7. The average molecular weight is 536 g/mol. The lowest BCUT2D eigenvalue weighted by molar-refractivity contribution is -0.135. The molecule has 1 atom stereocenters. The Morgan fingerprint density at radius 1 is 1.03 bits per heavy atom. The maximum absolute atomic E-state index is 13.4. The molecule has 2 aromatic carbocycles. The third-order valence-electron chi connectivity index (χ3n) is 7.98. The number of likely N-dealkylation sites (tertiary alicyclic amines) is 1. The second-order valence-electron chi connectivity index (χ2n) is 11.4. The van der Waals surface area contributed by atoms with E-state index in [0.29, 0.717) is 19.7 Å². The molecule has 4 rings (SSSR count). The Hall–Kier alpha value is -3.06. The van der Waals surface area contributed by atoms with Gasteiger partial charge in [0.1, 0.15) is 11.5 Å². The van der Waals surface area contributed by atoms with Crippen molar-refractivity contribution in [3.05, 3.63) is 59.7 Å². The predicted octanol–water partition coefficient (Wildman–Crippen LogP) is 5.04. The highest BCUT2D eigenvalue weighted by Gasteiger charge is 2.40. The van der Waals surface area contributed by atoms with E-state index in [4.69, 9.17) is 9.47 Å². The molecule has 2 aromatic rings. The molecule has 1 fully saturated rings. The number of ether oxygens (including phenoxy) is 2. The quantitative estimate of drug-likeness (QED) is 0.542. The Bertz CT molecular complexity index is 1080. The zero-order valence-electron chi connectivity index (χ0n) is 23.8. The largest absolute Gasteiger partial charge is 0.493 e. The van der Waals surface area contributed by atoms with E-state index < -0.39 is 0 Å². The number of piperidine rings is 1. The Balaban J connectivity index is 1.28. The van der Waals surface area contributed by atoms with E-state index in [9.17, 15) is 9.59 Å². The van der Waals surface area contributed by atoms with Gasteiger partial charge in [0.25, 0.3) is 0 Å². The standard InChI is InChI=1S/C32H45N3O4/c1-24(2)39-28-14-12-26(13-15-28)25(3)34-30(36)23-35-20-17-32(18-21-35)16-7-6-10-27-9-4-5-11-29(27)38-22-8-19-33-31(32)37/h4-5,9,11-15,24-25H,6-8,10,16-23H2,1-3H3,(H,33,37)(H,34,36). The number of carbonyl (C=O) groups is 2. The van der Waals surface area contributed by atoms with E-state index in [-0.39, 0.29) is 29.4 Å². The number of amides is 2. The summed E-state index contributed by atoms with van der Waals surface area (Å²) >= 11 is 0. The third kappa shape index (κ3) is 8.21. The van der Waals surface area contributed by atoms with Crippen molar-refractivity contribution in [2.24, 2.45) is 5.41 Å². The van der Waals surface area contributed by atoms with E-state index in [1.165, 1.54) is 5.56 Å². The van der Waals surface area contributed by atoms with E-state index in [1.807, 2.05) is 57.2 Å². The zero-order valence-corrected chi connectivity index (χ0v) is 23.8. The molecule has 0 aliphatic carbocycles. The van der Waals surface area contributed by atoms with Crippen LogP contribution in [-0.2, 0) is 16.0 Å². The van der Waals surface area contributed by atoms with E-state index in [1.54, 1.807) is 0 Å². The minimum atomic E-state index is -0.353. The molecule has 2 heterocycles. The van der Waals surface area contributed by atoms with Gasteiger partial charge in [-0.3, -0.25) is 14.5 Å². The first-order chi connectivity index (χ1) is 18.8. The number of nitrogens with one attached hydrogen (secondary N) is 2. The Kier molecular flexibility index (Phi) is 10.3. The summed E-state index contributed by atoms with van der Waals surface area (Å²) in [6.45, 7) is 9.09. The van der Waals surface area contributed by atoms with Crippen LogP contribution in [0.3, 0.4) is 0 Å². The number of nitrogens with zero attached hydrogens (tertiary/aromatic N) is 1. The fraction of sp³-hybridized carbons (Fsp3) is 0.562. The van der Waals surface area contributed by atoms with Gasteiger partial charge in [-0.2, -0.15) is 0 Å². The van der Waals surface area contributed by atoms with Gasteiger partial charge in [0.15, 0.2) is 0 Å². The maximum Gasteiger partial charge on any atom is 0.234 e. The summed E-state index contributed by atoms with van der Waals surface area (Å²) in [5.74, 6) is 1.98. The molecule has 212 valence electrons. The van der Waals surface area contributed by atoms with Crippen molar-refractivity contribution in [3.63, 3.8) is 0 Å². The van der Waals surface area contributed by atoms with Crippen LogP contribution < -0.4 is 20.1 Å².